The SMILES string of the molecule is Cc1ccccc1C(=O)CSC1COC1. The number of ketones is 1. The lowest BCUT2D eigenvalue weighted by molar-refractivity contribution is 0.0455. The van der Waals surface area contributed by atoms with Crippen LogP contribution in [0.5, 0.6) is 0 Å². The second-order valence-corrected chi connectivity index (χ2v) is 5.00. The minimum atomic E-state index is 0.227. The number of hydrogen-bond acceptors (Lipinski definition) is 3. The quantitative estimate of drug-likeness (QED) is 0.731. The van der Waals surface area contributed by atoms with Gasteiger partial charge in [0, 0.05) is 5.56 Å². The molecule has 1 saturated heterocycles. The van der Waals surface area contributed by atoms with Crippen LogP contribution < -0.4 is 0 Å². The van der Waals surface area contributed by atoms with E-state index in [4.69, 9.17) is 4.74 Å². The van der Waals surface area contributed by atoms with Crippen molar-refractivity contribution < 1.29 is 9.53 Å². The van der Waals surface area contributed by atoms with Crippen molar-refractivity contribution in [1.82, 2.24) is 0 Å². The molecule has 1 heterocycles. The maximum atomic E-state index is 11.8. The topological polar surface area (TPSA) is 26.3 Å². The van der Waals surface area contributed by atoms with Crippen LogP contribution in [0.15, 0.2) is 24.3 Å². The third-order valence-electron chi connectivity index (χ3n) is 2.50. The molecule has 0 N–H and O–H groups in total. The number of aryl methyl sites for hydroxylation is 1. The number of benzene rings is 1. The highest BCUT2D eigenvalue weighted by Crippen LogP contribution is 2.20. The molecule has 0 radical (unpaired) electrons. The Hall–Kier alpha value is -0.800. The van der Waals surface area contributed by atoms with Crippen molar-refractivity contribution in [2.45, 2.75) is 12.2 Å². The molecule has 2 rings (SSSR count). The molecular weight excluding hydrogens is 208 g/mol. The summed E-state index contributed by atoms with van der Waals surface area (Å²) in [6.45, 7) is 3.57. The van der Waals surface area contributed by atoms with Crippen molar-refractivity contribution in [3.63, 3.8) is 0 Å². The molecule has 1 aliphatic heterocycles. The predicted molar refractivity (Wildman–Crippen MR) is 62.6 cm³/mol. The van der Waals surface area contributed by atoms with Gasteiger partial charge in [0.05, 0.1) is 24.2 Å². The lowest BCUT2D eigenvalue weighted by Crippen LogP contribution is -2.31. The zero-order valence-corrected chi connectivity index (χ0v) is 9.55. The number of thioether (sulfide) groups is 1. The van der Waals surface area contributed by atoms with Crippen molar-refractivity contribution in [1.29, 1.82) is 0 Å². The van der Waals surface area contributed by atoms with Crippen molar-refractivity contribution in [2.24, 2.45) is 0 Å². The molecule has 0 saturated carbocycles. The first-order valence-electron chi connectivity index (χ1n) is 5.05. The average Bonchev–Trinajstić information content (AvgIpc) is 2.16. The molecule has 0 bridgehead atoms. The molecule has 1 fully saturated rings. The van der Waals surface area contributed by atoms with Gasteiger partial charge < -0.3 is 4.74 Å². The fraction of sp³-hybridized carbons (Fsp3) is 0.417. The number of ether oxygens (including phenoxy) is 1. The standard InChI is InChI=1S/C12H14O2S/c1-9-4-2-3-5-11(9)12(13)8-15-10-6-14-7-10/h2-5,10H,6-8H2,1H3. The largest absolute Gasteiger partial charge is 0.379 e. The molecule has 1 aromatic rings. The maximum Gasteiger partial charge on any atom is 0.172 e. The highest BCUT2D eigenvalue weighted by molar-refractivity contribution is 8.00. The van der Waals surface area contributed by atoms with Crippen molar-refractivity contribution >= 4 is 17.5 Å². The molecule has 0 unspecified atom stereocenters. The summed E-state index contributed by atoms with van der Waals surface area (Å²) in [7, 11) is 0. The number of hydrogen-bond donors (Lipinski definition) is 0. The van der Waals surface area contributed by atoms with E-state index in [2.05, 4.69) is 0 Å². The number of Topliss-reactive ketones (excluding diaryl/α,β-unsaturated/α-hetero) is 1. The van der Waals surface area contributed by atoms with Gasteiger partial charge in [0.15, 0.2) is 5.78 Å². The Morgan fingerprint density at radius 3 is 2.80 bits per heavy atom. The normalized spacial score (nSPS) is 16.1. The first-order chi connectivity index (χ1) is 7.27. The highest BCUT2D eigenvalue weighted by Gasteiger charge is 2.20. The third-order valence-corrected chi connectivity index (χ3v) is 3.68. The molecule has 1 aromatic carbocycles. The first kappa shape index (κ1) is 10.7. The molecular formula is C12H14O2S. The fourth-order valence-corrected chi connectivity index (χ4v) is 2.39. The molecule has 3 heteroatoms. The Morgan fingerprint density at radius 2 is 2.20 bits per heavy atom. The van der Waals surface area contributed by atoms with Gasteiger partial charge in [-0.3, -0.25) is 4.79 Å². The predicted octanol–water partition coefficient (Wildman–Crippen LogP) is 2.31. The van der Waals surface area contributed by atoms with E-state index in [0.717, 1.165) is 24.3 Å². The van der Waals surface area contributed by atoms with E-state index >= 15 is 0 Å². The summed E-state index contributed by atoms with van der Waals surface area (Å²) in [6.07, 6.45) is 0. The Morgan fingerprint density at radius 1 is 1.47 bits per heavy atom. The monoisotopic (exact) mass is 222 g/mol. The minimum Gasteiger partial charge on any atom is -0.379 e. The molecule has 0 amide bonds. The van der Waals surface area contributed by atoms with Crippen LogP contribution in [0.1, 0.15) is 15.9 Å². The average molecular weight is 222 g/mol. The second-order valence-electron chi connectivity index (χ2n) is 3.71. The summed E-state index contributed by atoms with van der Waals surface area (Å²) in [6, 6.07) is 7.75. The molecule has 2 nitrogen and oxygen atoms in total. The van der Waals surface area contributed by atoms with E-state index in [0.29, 0.717) is 11.0 Å². The van der Waals surface area contributed by atoms with Crippen LogP contribution in [0.4, 0.5) is 0 Å². The van der Waals surface area contributed by atoms with Crippen molar-refractivity contribution in [3.05, 3.63) is 35.4 Å². The van der Waals surface area contributed by atoms with Crippen molar-refractivity contribution in [2.75, 3.05) is 19.0 Å². The summed E-state index contributed by atoms with van der Waals surface area (Å²) in [5, 5.41) is 0.526. The smallest absolute Gasteiger partial charge is 0.172 e. The minimum absolute atomic E-state index is 0.227. The lowest BCUT2D eigenvalue weighted by Gasteiger charge is -2.24. The van der Waals surface area contributed by atoms with Gasteiger partial charge in [0.1, 0.15) is 0 Å². The Labute approximate surface area is 94.0 Å². The Balaban J connectivity index is 1.92. The molecule has 0 atom stereocenters. The second kappa shape index (κ2) is 4.81. The fourth-order valence-electron chi connectivity index (χ4n) is 1.47. The van der Waals surface area contributed by atoms with E-state index in [1.54, 1.807) is 11.8 Å². The van der Waals surface area contributed by atoms with Gasteiger partial charge in [-0.2, -0.15) is 0 Å². The zero-order valence-electron chi connectivity index (χ0n) is 8.73. The van der Waals surface area contributed by atoms with Crippen molar-refractivity contribution in [3.8, 4) is 0 Å². The summed E-state index contributed by atoms with van der Waals surface area (Å²) in [5.41, 5.74) is 1.92. The molecule has 0 spiro atoms. The zero-order chi connectivity index (χ0) is 10.7. The van der Waals surface area contributed by atoms with Gasteiger partial charge >= 0.3 is 0 Å². The molecule has 0 aliphatic carbocycles. The summed E-state index contributed by atoms with van der Waals surface area (Å²) < 4.78 is 5.06. The summed E-state index contributed by atoms with van der Waals surface area (Å²) >= 11 is 1.70. The van der Waals surface area contributed by atoms with E-state index < -0.39 is 0 Å². The number of carbonyl (C=O) groups excluding carboxylic acids is 1. The van der Waals surface area contributed by atoms with Gasteiger partial charge in [0.2, 0.25) is 0 Å². The summed E-state index contributed by atoms with van der Waals surface area (Å²) in [4.78, 5) is 11.8. The Bertz CT molecular complexity index is 358. The van der Waals surface area contributed by atoms with Crippen LogP contribution in [0.3, 0.4) is 0 Å². The van der Waals surface area contributed by atoms with E-state index in [-0.39, 0.29) is 5.78 Å². The summed E-state index contributed by atoms with van der Waals surface area (Å²) in [5.74, 6) is 0.795. The highest BCUT2D eigenvalue weighted by atomic mass is 32.2. The van der Waals surface area contributed by atoms with Crippen LogP contribution in [-0.4, -0.2) is 30.0 Å². The van der Waals surface area contributed by atoms with Crippen LogP contribution in [0.25, 0.3) is 0 Å². The van der Waals surface area contributed by atoms with E-state index in [9.17, 15) is 4.79 Å². The molecule has 1 aliphatic rings. The van der Waals surface area contributed by atoms with E-state index in [1.165, 1.54) is 0 Å². The lowest BCUT2D eigenvalue weighted by atomic mass is 10.1. The third kappa shape index (κ3) is 2.61. The van der Waals surface area contributed by atoms with Gasteiger partial charge in [-0.05, 0) is 12.5 Å². The first-order valence-corrected chi connectivity index (χ1v) is 6.10. The van der Waals surface area contributed by atoms with Crippen LogP contribution in [0, 0.1) is 6.92 Å². The molecule has 0 aromatic heterocycles. The van der Waals surface area contributed by atoms with E-state index in [1.807, 2.05) is 31.2 Å². The van der Waals surface area contributed by atoms with Crippen LogP contribution >= 0.6 is 11.8 Å². The van der Waals surface area contributed by atoms with Gasteiger partial charge in [0.25, 0.3) is 0 Å². The molecule has 80 valence electrons. The van der Waals surface area contributed by atoms with Gasteiger partial charge in [-0.25, -0.2) is 0 Å². The van der Waals surface area contributed by atoms with Gasteiger partial charge in [-0.1, -0.05) is 24.3 Å². The maximum absolute atomic E-state index is 11.8. The molecule has 15 heavy (non-hydrogen) atoms. The van der Waals surface area contributed by atoms with Gasteiger partial charge in [-0.15, -0.1) is 11.8 Å². The number of rotatable bonds is 4. The number of carbonyl (C=O) groups is 1. The van der Waals surface area contributed by atoms with Crippen LogP contribution in [-0.2, 0) is 4.74 Å². The Kier molecular flexibility index (Phi) is 3.44. The van der Waals surface area contributed by atoms with Crippen LogP contribution in [0.2, 0.25) is 0 Å².